The summed E-state index contributed by atoms with van der Waals surface area (Å²) < 4.78 is 11.5. The smallest absolute Gasteiger partial charge is 0.319 e. The Bertz CT molecular complexity index is 741. The van der Waals surface area contributed by atoms with Gasteiger partial charge in [-0.15, -0.1) is 0 Å². The number of para-hydroxylation sites is 2. The van der Waals surface area contributed by atoms with Crippen LogP contribution in [0.15, 0.2) is 42.6 Å². The number of amides is 2. The molecule has 1 aliphatic rings. The lowest BCUT2D eigenvalue weighted by molar-refractivity contribution is 0.135. The fraction of sp³-hybridized carbons (Fsp3) is 0.429. The molecule has 3 rings (SSSR count). The van der Waals surface area contributed by atoms with E-state index >= 15 is 0 Å². The summed E-state index contributed by atoms with van der Waals surface area (Å²) in [4.78, 5) is 16.6. The van der Waals surface area contributed by atoms with Crippen molar-refractivity contribution >= 4 is 11.7 Å². The molecule has 144 valence electrons. The van der Waals surface area contributed by atoms with Crippen LogP contribution in [-0.2, 0) is 0 Å². The van der Waals surface area contributed by atoms with Gasteiger partial charge in [-0.25, -0.2) is 9.78 Å². The summed E-state index contributed by atoms with van der Waals surface area (Å²) in [5.74, 6) is 1.35. The van der Waals surface area contributed by atoms with Gasteiger partial charge in [0.25, 0.3) is 0 Å². The van der Waals surface area contributed by atoms with Gasteiger partial charge in [-0.1, -0.05) is 18.2 Å². The Morgan fingerprint density at radius 2 is 1.93 bits per heavy atom. The first-order chi connectivity index (χ1) is 13.1. The van der Waals surface area contributed by atoms with Crippen molar-refractivity contribution in [1.29, 1.82) is 0 Å². The monoisotopic (exact) mass is 369 g/mol. The number of ether oxygens (including phenoxy) is 2. The first kappa shape index (κ1) is 19.0. The Labute approximate surface area is 160 Å². The van der Waals surface area contributed by atoms with E-state index < -0.39 is 0 Å². The highest BCUT2D eigenvalue weighted by molar-refractivity contribution is 5.91. The van der Waals surface area contributed by atoms with Crippen LogP contribution in [0.2, 0.25) is 0 Å². The number of aromatic nitrogens is 1. The van der Waals surface area contributed by atoms with Crippen LogP contribution in [0.4, 0.5) is 10.5 Å². The van der Waals surface area contributed by atoms with E-state index in [-0.39, 0.29) is 18.2 Å². The number of hydrogen-bond donors (Lipinski definition) is 2. The Balaban J connectivity index is 1.45. The quantitative estimate of drug-likeness (QED) is 0.796. The molecule has 6 nitrogen and oxygen atoms in total. The van der Waals surface area contributed by atoms with Crippen LogP contribution in [0.25, 0.3) is 0 Å². The number of hydrogen-bond acceptors (Lipinski definition) is 4. The lowest BCUT2D eigenvalue weighted by Crippen LogP contribution is -2.41. The zero-order chi connectivity index (χ0) is 19.1. The van der Waals surface area contributed by atoms with Crippen molar-refractivity contribution in [3.8, 4) is 11.6 Å². The molecule has 1 fully saturated rings. The standard InChI is InChI=1S/C21H27N3O3/c1-3-26-19-7-5-4-6-18(19)24-21(25)23-16-9-11-17(12-10-16)27-20-13-8-15(2)14-22-20/h4-8,13-14,16-17H,3,9-12H2,1-2H3,(H2,23,24,25). The van der Waals surface area contributed by atoms with Crippen LogP contribution in [0.1, 0.15) is 38.2 Å². The van der Waals surface area contributed by atoms with E-state index in [2.05, 4.69) is 15.6 Å². The van der Waals surface area contributed by atoms with Gasteiger partial charge in [0.15, 0.2) is 0 Å². The molecule has 2 aromatic rings. The van der Waals surface area contributed by atoms with Crippen molar-refractivity contribution in [3.05, 3.63) is 48.2 Å². The molecule has 1 aromatic carbocycles. The highest BCUT2D eigenvalue weighted by Gasteiger charge is 2.24. The summed E-state index contributed by atoms with van der Waals surface area (Å²) >= 11 is 0. The number of carbonyl (C=O) groups excluding carboxylic acids is 1. The van der Waals surface area contributed by atoms with Crippen molar-refractivity contribution in [1.82, 2.24) is 10.3 Å². The maximum atomic E-state index is 12.3. The minimum Gasteiger partial charge on any atom is -0.492 e. The number of carbonyl (C=O) groups is 1. The SMILES string of the molecule is CCOc1ccccc1NC(=O)NC1CCC(Oc2ccc(C)cn2)CC1. The number of urea groups is 1. The molecular formula is C21H27N3O3. The molecule has 0 saturated heterocycles. The van der Waals surface area contributed by atoms with Crippen LogP contribution in [0.5, 0.6) is 11.6 Å². The third kappa shape index (κ3) is 5.61. The van der Waals surface area contributed by atoms with E-state index in [1.165, 1.54) is 0 Å². The minimum atomic E-state index is -0.202. The van der Waals surface area contributed by atoms with Crippen LogP contribution < -0.4 is 20.1 Å². The highest BCUT2D eigenvalue weighted by atomic mass is 16.5. The van der Waals surface area contributed by atoms with Crippen LogP contribution in [0, 0.1) is 6.92 Å². The third-order valence-electron chi connectivity index (χ3n) is 4.62. The predicted octanol–water partition coefficient (Wildman–Crippen LogP) is 4.30. The van der Waals surface area contributed by atoms with Gasteiger partial charge in [-0.05, 0) is 57.2 Å². The van der Waals surface area contributed by atoms with E-state index in [1.54, 1.807) is 0 Å². The van der Waals surface area contributed by atoms with Gasteiger partial charge in [0.2, 0.25) is 5.88 Å². The van der Waals surface area contributed by atoms with Gasteiger partial charge in [0.05, 0.1) is 12.3 Å². The summed E-state index contributed by atoms with van der Waals surface area (Å²) in [6.07, 6.45) is 5.53. The van der Waals surface area contributed by atoms with E-state index in [0.29, 0.717) is 23.9 Å². The molecule has 1 aliphatic carbocycles. The van der Waals surface area contributed by atoms with Crippen molar-refractivity contribution in [3.63, 3.8) is 0 Å². The predicted molar refractivity (Wildman–Crippen MR) is 105 cm³/mol. The van der Waals surface area contributed by atoms with Crippen molar-refractivity contribution in [2.75, 3.05) is 11.9 Å². The van der Waals surface area contributed by atoms with Crippen LogP contribution in [-0.4, -0.2) is 29.8 Å². The summed E-state index contributed by atoms with van der Waals surface area (Å²) in [6, 6.07) is 11.3. The average molecular weight is 369 g/mol. The lowest BCUT2D eigenvalue weighted by Gasteiger charge is -2.29. The lowest BCUT2D eigenvalue weighted by atomic mass is 9.93. The molecule has 1 heterocycles. The Hall–Kier alpha value is -2.76. The summed E-state index contributed by atoms with van der Waals surface area (Å²) in [5, 5.41) is 5.93. The molecule has 0 bridgehead atoms. The van der Waals surface area contributed by atoms with Gasteiger partial charge in [-0.3, -0.25) is 0 Å². The molecule has 0 atom stereocenters. The number of aryl methyl sites for hydroxylation is 1. The minimum absolute atomic E-state index is 0.148. The highest BCUT2D eigenvalue weighted by Crippen LogP contribution is 2.25. The molecular weight excluding hydrogens is 342 g/mol. The zero-order valence-electron chi connectivity index (χ0n) is 15.9. The molecule has 0 spiro atoms. The van der Waals surface area contributed by atoms with Crippen LogP contribution >= 0.6 is 0 Å². The molecule has 1 aromatic heterocycles. The van der Waals surface area contributed by atoms with Crippen LogP contribution in [0.3, 0.4) is 0 Å². The molecule has 0 unspecified atom stereocenters. The molecule has 6 heteroatoms. The topological polar surface area (TPSA) is 72.5 Å². The molecule has 0 aliphatic heterocycles. The number of rotatable bonds is 6. The van der Waals surface area contributed by atoms with E-state index in [9.17, 15) is 4.79 Å². The Morgan fingerprint density at radius 3 is 2.63 bits per heavy atom. The number of nitrogens with one attached hydrogen (secondary N) is 2. The number of anilines is 1. The second-order valence-electron chi connectivity index (χ2n) is 6.79. The maximum absolute atomic E-state index is 12.3. The van der Waals surface area contributed by atoms with Gasteiger partial charge < -0.3 is 20.1 Å². The molecule has 27 heavy (non-hydrogen) atoms. The van der Waals surface area contributed by atoms with E-state index in [4.69, 9.17) is 9.47 Å². The molecule has 1 saturated carbocycles. The van der Waals surface area contributed by atoms with Crippen molar-refractivity contribution in [2.45, 2.75) is 51.7 Å². The number of benzene rings is 1. The average Bonchev–Trinajstić information content (AvgIpc) is 2.67. The fourth-order valence-corrected chi connectivity index (χ4v) is 3.21. The van der Waals surface area contributed by atoms with Gasteiger partial charge in [0.1, 0.15) is 11.9 Å². The Morgan fingerprint density at radius 1 is 1.15 bits per heavy atom. The van der Waals surface area contributed by atoms with E-state index in [0.717, 1.165) is 31.2 Å². The summed E-state index contributed by atoms with van der Waals surface area (Å²) in [5.41, 5.74) is 1.80. The largest absolute Gasteiger partial charge is 0.492 e. The number of nitrogens with zero attached hydrogens (tertiary/aromatic N) is 1. The second kappa shape index (κ2) is 9.26. The molecule has 2 amide bonds. The zero-order valence-corrected chi connectivity index (χ0v) is 15.9. The molecule has 0 radical (unpaired) electrons. The van der Waals surface area contributed by atoms with Crippen molar-refractivity contribution in [2.24, 2.45) is 0 Å². The second-order valence-corrected chi connectivity index (χ2v) is 6.79. The normalized spacial score (nSPS) is 19.2. The fourth-order valence-electron chi connectivity index (χ4n) is 3.21. The number of pyridine rings is 1. The van der Waals surface area contributed by atoms with Gasteiger partial charge in [-0.2, -0.15) is 0 Å². The van der Waals surface area contributed by atoms with E-state index in [1.807, 2.05) is 56.4 Å². The first-order valence-electron chi connectivity index (χ1n) is 9.52. The third-order valence-corrected chi connectivity index (χ3v) is 4.62. The van der Waals surface area contributed by atoms with Crippen molar-refractivity contribution < 1.29 is 14.3 Å². The maximum Gasteiger partial charge on any atom is 0.319 e. The Kier molecular flexibility index (Phi) is 6.52. The summed E-state index contributed by atoms with van der Waals surface area (Å²) in [7, 11) is 0. The van der Waals surface area contributed by atoms with Gasteiger partial charge in [0, 0.05) is 18.3 Å². The first-order valence-corrected chi connectivity index (χ1v) is 9.52. The summed E-state index contributed by atoms with van der Waals surface area (Å²) in [6.45, 7) is 4.48. The van der Waals surface area contributed by atoms with Gasteiger partial charge >= 0.3 is 6.03 Å². The molecule has 2 N–H and O–H groups in total.